The lowest BCUT2D eigenvalue weighted by atomic mass is 10.1. The van der Waals surface area contributed by atoms with Gasteiger partial charge in [0.05, 0.1) is 18.0 Å². The van der Waals surface area contributed by atoms with Crippen LogP contribution in [0.3, 0.4) is 0 Å². The molecule has 0 aliphatic heterocycles. The van der Waals surface area contributed by atoms with E-state index in [0.717, 1.165) is 5.69 Å². The van der Waals surface area contributed by atoms with Crippen LogP contribution >= 0.6 is 0 Å². The van der Waals surface area contributed by atoms with Gasteiger partial charge < -0.3 is 9.84 Å². The minimum absolute atomic E-state index is 0.0341. The summed E-state index contributed by atoms with van der Waals surface area (Å²) in [5, 5.41) is 13.0. The minimum atomic E-state index is -0.366. The number of aliphatic hydroxyl groups is 1. The van der Waals surface area contributed by atoms with Gasteiger partial charge in [0.25, 0.3) is 0 Å². The van der Waals surface area contributed by atoms with E-state index in [1.165, 1.54) is 0 Å². The van der Waals surface area contributed by atoms with Crippen LogP contribution < -0.4 is 0 Å². The summed E-state index contributed by atoms with van der Waals surface area (Å²) in [6, 6.07) is 1.85. The van der Waals surface area contributed by atoms with Crippen LogP contribution in [0.1, 0.15) is 25.2 Å². The first-order valence-corrected chi connectivity index (χ1v) is 4.20. The fourth-order valence-corrected chi connectivity index (χ4v) is 1.27. The highest BCUT2D eigenvalue weighted by molar-refractivity contribution is 5.15. The zero-order chi connectivity index (χ0) is 10.1. The van der Waals surface area contributed by atoms with Gasteiger partial charge in [-0.05, 0) is 19.9 Å². The van der Waals surface area contributed by atoms with E-state index in [0.29, 0.717) is 5.69 Å². The van der Waals surface area contributed by atoms with Crippen molar-refractivity contribution in [3.63, 3.8) is 0 Å². The second-order valence-corrected chi connectivity index (χ2v) is 3.52. The van der Waals surface area contributed by atoms with Crippen molar-refractivity contribution in [2.45, 2.75) is 26.1 Å². The van der Waals surface area contributed by atoms with Crippen molar-refractivity contribution in [3.05, 3.63) is 17.5 Å². The molecule has 0 aliphatic rings. The van der Waals surface area contributed by atoms with Crippen molar-refractivity contribution < 1.29 is 9.84 Å². The van der Waals surface area contributed by atoms with Crippen molar-refractivity contribution in [2.24, 2.45) is 7.05 Å². The average molecular weight is 184 g/mol. The van der Waals surface area contributed by atoms with Crippen LogP contribution in [0.5, 0.6) is 0 Å². The molecule has 0 fully saturated rings. The Hall–Kier alpha value is -0.870. The van der Waals surface area contributed by atoms with Crippen LogP contribution in [0.4, 0.5) is 0 Å². The fraction of sp³-hybridized carbons (Fsp3) is 0.667. The Kier molecular flexibility index (Phi) is 2.73. The number of aliphatic hydroxyl groups excluding tert-OH is 1. The first kappa shape index (κ1) is 10.2. The second kappa shape index (κ2) is 3.47. The molecule has 1 rings (SSSR count). The van der Waals surface area contributed by atoms with Crippen molar-refractivity contribution in [1.82, 2.24) is 9.78 Å². The quantitative estimate of drug-likeness (QED) is 0.755. The zero-order valence-corrected chi connectivity index (χ0v) is 8.53. The van der Waals surface area contributed by atoms with Crippen molar-refractivity contribution >= 4 is 0 Å². The number of rotatable bonds is 3. The molecule has 0 radical (unpaired) electrons. The summed E-state index contributed by atoms with van der Waals surface area (Å²) < 4.78 is 7.05. The Balaban J connectivity index is 3.07. The molecule has 13 heavy (non-hydrogen) atoms. The molecule has 0 amide bonds. The molecule has 0 saturated heterocycles. The topological polar surface area (TPSA) is 47.3 Å². The van der Waals surface area contributed by atoms with Gasteiger partial charge in [-0.3, -0.25) is 4.68 Å². The molecule has 0 aromatic carbocycles. The van der Waals surface area contributed by atoms with E-state index in [9.17, 15) is 0 Å². The maximum atomic E-state index is 8.90. The van der Waals surface area contributed by atoms with Crippen molar-refractivity contribution in [2.75, 3.05) is 7.11 Å². The van der Waals surface area contributed by atoms with Crippen LogP contribution in [-0.2, 0) is 24.0 Å². The van der Waals surface area contributed by atoms with E-state index >= 15 is 0 Å². The van der Waals surface area contributed by atoms with Gasteiger partial charge >= 0.3 is 0 Å². The third-order valence-corrected chi connectivity index (χ3v) is 2.22. The lowest BCUT2D eigenvalue weighted by molar-refractivity contribution is 0.0123. The normalized spacial score (nSPS) is 12.1. The van der Waals surface area contributed by atoms with E-state index < -0.39 is 0 Å². The van der Waals surface area contributed by atoms with Gasteiger partial charge in [0.1, 0.15) is 5.60 Å². The Labute approximate surface area is 78.1 Å². The van der Waals surface area contributed by atoms with Gasteiger partial charge in [-0.1, -0.05) is 0 Å². The highest BCUT2D eigenvalue weighted by Gasteiger charge is 2.23. The van der Waals surface area contributed by atoms with E-state index in [4.69, 9.17) is 9.84 Å². The third-order valence-electron chi connectivity index (χ3n) is 2.22. The predicted molar refractivity (Wildman–Crippen MR) is 49.2 cm³/mol. The summed E-state index contributed by atoms with van der Waals surface area (Å²) >= 11 is 0. The fourth-order valence-electron chi connectivity index (χ4n) is 1.27. The van der Waals surface area contributed by atoms with Crippen LogP contribution in [0.25, 0.3) is 0 Å². The zero-order valence-electron chi connectivity index (χ0n) is 8.53. The smallest absolute Gasteiger partial charge is 0.104 e. The van der Waals surface area contributed by atoms with Crippen molar-refractivity contribution in [1.29, 1.82) is 0 Å². The number of hydrogen-bond acceptors (Lipinski definition) is 3. The molecule has 0 spiro atoms. The highest BCUT2D eigenvalue weighted by Crippen LogP contribution is 2.23. The second-order valence-electron chi connectivity index (χ2n) is 3.52. The number of aromatic nitrogens is 2. The molecule has 0 saturated carbocycles. The summed E-state index contributed by atoms with van der Waals surface area (Å²) in [7, 11) is 3.50. The van der Waals surface area contributed by atoms with Gasteiger partial charge in [0.2, 0.25) is 0 Å². The number of methoxy groups -OCH3 is 1. The minimum Gasteiger partial charge on any atom is -0.390 e. The number of hydrogen-bond donors (Lipinski definition) is 1. The molecule has 1 aromatic heterocycles. The lowest BCUT2D eigenvalue weighted by Crippen LogP contribution is -2.22. The van der Waals surface area contributed by atoms with Gasteiger partial charge in [0.15, 0.2) is 0 Å². The monoisotopic (exact) mass is 184 g/mol. The Morgan fingerprint density at radius 2 is 2.23 bits per heavy atom. The Bertz CT molecular complexity index is 292. The van der Waals surface area contributed by atoms with E-state index in [1.807, 2.05) is 27.0 Å². The van der Waals surface area contributed by atoms with E-state index in [-0.39, 0.29) is 12.2 Å². The largest absolute Gasteiger partial charge is 0.390 e. The summed E-state index contributed by atoms with van der Waals surface area (Å²) in [5.74, 6) is 0. The lowest BCUT2D eigenvalue weighted by Gasteiger charge is -2.22. The van der Waals surface area contributed by atoms with Crippen molar-refractivity contribution in [3.8, 4) is 0 Å². The first-order chi connectivity index (χ1) is 6.01. The van der Waals surface area contributed by atoms with Gasteiger partial charge in [-0.25, -0.2) is 0 Å². The van der Waals surface area contributed by atoms with Gasteiger partial charge in [-0.2, -0.15) is 5.10 Å². The molecule has 0 aliphatic carbocycles. The maximum Gasteiger partial charge on any atom is 0.104 e. The molecule has 4 heteroatoms. The molecule has 74 valence electrons. The summed E-state index contributed by atoms with van der Waals surface area (Å²) in [4.78, 5) is 0. The van der Waals surface area contributed by atoms with Crippen LogP contribution in [0.15, 0.2) is 6.07 Å². The molecule has 1 heterocycles. The SMILES string of the molecule is COC(C)(C)c1cc(CO)nn1C. The molecule has 0 bridgehead atoms. The van der Waals surface area contributed by atoms with Gasteiger partial charge in [-0.15, -0.1) is 0 Å². The van der Waals surface area contributed by atoms with Gasteiger partial charge in [0, 0.05) is 14.2 Å². The van der Waals surface area contributed by atoms with Crippen LogP contribution in [-0.4, -0.2) is 22.0 Å². The van der Waals surface area contributed by atoms with E-state index in [2.05, 4.69) is 5.10 Å². The standard InChI is InChI=1S/C9H16N2O2/c1-9(2,13-4)8-5-7(6-12)10-11(8)3/h5,12H,6H2,1-4H3. The Morgan fingerprint density at radius 1 is 1.62 bits per heavy atom. The molecule has 1 N–H and O–H groups in total. The number of aryl methyl sites for hydroxylation is 1. The Morgan fingerprint density at radius 3 is 2.62 bits per heavy atom. The number of ether oxygens (including phenoxy) is 1. The molecule has 1 aromatic rings. The predicted octanol–water partition coefficient (Wildman–Crippen LogP) is 0.794. The highest BCUT2D eigenvalue weighted by atomic mass is 16.5. The average Bonchev–Trinajstić information content (AvgIpc) is 2.47. The maximum absolute atomic E-state index is 8.90. The van der Waals surface area contributed by atoms with Crippen LogP contribution in [0, 0.1) is 0 Å². The summed E-state index contributed by atoms with van der Waals surface area (Å²) in [5.41, 5.74) is 1.26. The summed E-state index contributed by atoms with van der Waals surface area (Å²) in [6.07, 6.45) is 0. The van der Waals surface area contributed by atoms with E-state index in [1.54, 1.807) is 11.8 Å². The first-order valence-electron chi connectivity index (χ1n) is 4.20. The molecule has 4 nitrogen and oxygen atoms in total. The molecular weight excluding hydrogens is 168 g/mol. The summed E-state index contributed by atoms with van der Waals surface area (Å²) in [6.45, 7) is 3.89. The molecule has 0 atom stereocenters. The third kappa shape index (κ3) is 1.89. The number of nitrogens with zero attached hydrogens (tertiary/aromatic N) is 2. The molecule has 0 unspecified atom stereocenters. The molecular formula is C9H16N2O2. The van der Waals surface area contributed by atoms with Crippen LogP contribution in [0.2, 0.25) is 0 Å².